The van der Waals surface area contributed by atoms with Crippen LogP contribution in [0.5, 0.6) is 0 Å². The van der Waals surface area contributed by atoms with Crippen molar-refractivity contribution in [2.75, 3.05) is 17.7 Å². The number of nitrogens with zero attached hydrogens (tertiary/aromatic N) is 2. The molecule has 0 aliphatic heterocycles. The number of methoxy groups -OCH3 is 1. The molecule has 0 bridgehead atoms. The van der Waals surface area contributed by atoms with E-state index in [0.29, 0.717) is 23.6 Å². The second kappa shape index (κ2) is 8.57. The van der Waals surface area contributed by atoms with Crippen molar-refractivity contribution in [2.45, 2.75) is 6.54 Å². The van der Waals surface area contributed by atoms with Gasteiger partial charge < -0.3 is 15.4 Å². The van der Waals surface area contributed by atoms with E-state index in [1.165, 1.54) is 7.11 Å². The molecule has 0 radical (unpaired) electrons. The van der Waals surface area contributed by atoms with Crippen LogP contribution in [0.15, 0.2) is 67.1 Å². The number of pyridine rings is 2. The van der Waals surface area contributed by atoms with E-state index in [2.05, 4.69) is 20.6 Å². The van der Waals surface area contributed by atoms with Gasteiger partial charge in [0.1, 0.15) is 5.82 Å². The van der Waals surface area contributed by atoms with Crippen molar-refractivity contribution in [3.63, 3.8) is 0 Å². The lowest BCUT2D eigenvalue weighted by Gasteiger charge is -2.11. The molecule has 0 atom stereocenters. The smallest absolute Gasteiger partial charge is 0.339 e. The van der Waals surface area contributed by atoms with Gasteiger partial charge in [0.15, 0.2) is 0 Å². The van der Waals surface area contributed by atoms with Crippen LogP contribution in [0.3, 0.4) is 0 Å². The Balaban J connectivity index is 1.72. The zero-order chi connectivity index (χ0) is 19.1. The van der Waals surface area contributed by atoms with E-state index >= 15 is 0 Å². The zero-order valence-electron chi connectivity index (χ0n) is 14.7. The van der Waals surface area contributed by atoms with Gasteiger partial charge in [0.05, 0.1) is 18.4 Å². The number of aromatic nitrogens is 2. The molecule has 0 unspecified atom stereocenters. The Labute approximate surface area is 156 Å². The molecule has 0 aliphatic rings. The van der Waals surface area contributed by atoms with Gasteiger partial charge in [-0.25, -0.2) is 9.78 Å². The van der Waals surface area contributed by atoms with Crippen molar-refractivity contribution in [3.8, 4) is 0 Å². The Morgan fingerprint density at radius 1 is 1.07 bits per heavy atom. The van der Waals surface area contributed by atoms with Crippen LogP contribution in [0, 0.1) is 0 Å². The molecule has 7 heteroatoms. The molecule has 3 aromatic rings. The van der Waals surface area contributed by atoms with Crippen LogP contribution in [0.4, 0.5) is 11.5 Å². The van der Waals surface area contributed by atoms with Gasteiger partial charge in [-0.05, 0) is 35.9 Å². The number of esters is 1. The molecule has 2 heterocycles. The van der Waals surface area contributed by atoms with Crippen molar-refractivity contribution < 1.29 is 14.3 Å². The van der Waals surface area contributed by atoms with Crippen LogP contribution >= 0.6 is 0 Å². The minimum Gasteiger partial charge on any atom is -0.465 e. The lowest BCUT2D eigenvalue weighted by Crippen LogP contribution is -2.16. The minimum atomic E-state index is -0.514. The fraction of sp³-hybridized carbons (Fsp3) is 0.100. The number of ether oxygens (including phenoxy) is 1. The predicted octanol–water partition coefficient (Wildman–Crippen LogP) is 3.13. The molecule has 3 rings (SSSR count). The topological polar surface area (TPSA) is 93.2 Å². The molecule has 0 saturated carbocycles. The summed E-state index contributed by atoms with van der Waals surface area (Å²) in [5.74, 6) is -0.301. The van der Waals surface area contributed by atoms with Gasteiger partial charge in [0.25, 0.3) is 5.91 Å². The molecule has 0 saturated heterocycles. The third kappa shape index (κ3) is 4.66. The van der Waals surface area contributed by atoms with Gasteiger partial charge in [0.2, 0.25) is 0 Å². The summed E-state index contributed by atoms with van der Waals surface area (Å²) < 4.78 is 4.74. The summed E-state index contributed by atoms with van der Waals surface area (Å²) in [7, 11) is 1.30. The fourth-order valence-corrected chi connectivity index (χ4v) is 2.44. The molecular weight excluding hydrogens is 344 g/mol. The third-order valence-electron chi connectivity index (χ3n) is 3.80. The molecule has 27 heavy (non-hydrogen) atoms. The van der Waals surface area contributed by atoms with Crippen LogP contribution < -0.4 is 10.6 Å². The SMILES string of the molecule is COC(=O)c1ccccc1NC(=O)c1ccnc(NCc2cccnc2)c1. The van der Waals surface area contributed by atoms with Crippen LogP contribution in [0.2, 0.25) is 0 Å². The highest BCUT2D eigenvalue weighted by Crippen LogP contribution is 2.18. The van der Waals surface area contributed by atoms with Gasteiger partial charge in [-0.15, -0.1) is 0 Å². The molecule has 7 nitrogen and oxygen atoms in total. The monoisotopic (exact) mass is 362 g/mol. The highest BCUT2D eigenvalue weighted by atomic mass is 16.5. The summed E-state index contributed by atoms with van der Waals surface area (Å²) in [4.78, 5) is 32.7. The van der Waals surface area contributed by atoms with Crippen molar-refractivity contribution >= 4 is 23.4 Å². The molecule has 0 fully saturated rings. The van der Waals surface area contributed by atoms with E-state index in [0.717, 1.165) is 5.56 Å². The molecular formula is C20H18N4O3. The zero-order valence-corrected chi connectivity index (χ0v) is 14.7. The number of hydrogen-bond acceptors (Lipinski definition) is 6. The standard InChI is InChI=1S/C20H18N4O3/c1-27-20(26)16-6-2-3-7-17(16)24-19(25)15-8-10-22-18(11-15)23-13-14-5-4-9-21-12-14/h2-12H,13H2,1H3,(H,22,23)(H,24,25). The number of para-hydroxylation sites is 1. The molecule has 0 aliphatic carbocycles. The first-order valence-electron chi connectivity index (χ1n) is 8.25. The van der Waals surface area contributed by atoms with Crippen molar-refractivity contribution in [3.05, 3.63) is 83.8 Å². The number of hydrogen-bond donors (Lipinski definition) is 2. The average Bonchev–Trinajstić information content (AvgIpc) is 2.73. The van der Waals surface area contributed by atoms with Gasteiger partial charge in [-0.3, -0.25) is 9.78 Å². The quantitative estimate of drug-likeness (QED) is 0.655. The summed E-state index contributed by atoms with van der Waals surface area (Å²) in [5, 5.41) is 5.89. The molecule has 136 valence electrons. The summed E-state index contributed by atoms with van der Waals surface area (Å²) in [6.07, 6.45) is 5.01. The van der Waals surface area contributed by atoms with E-state index in [1.807, 2.05) is 12.1 Å². The summed E-state index contributed by atoms with van der Waals surface area (Å²) in [6, 6.07) is 13.7. The minimum absolute atomic E-state index is 0.289. The van der Waals surface area contributed by atoms with Crippen molar-refractivity contribution in [1.82, 2.24) is 9.97 Å². The van der Waals surface area contributed by atoms with Gasteiger partial charge >= 0.3 is 5.97 Å². The van der Waals surface area contributed by atoms with Crippen LogP contribution in [0.1, 0.15) is 26.3 Å². The lowest BCUT2D eigenvalue weighted by molar-refractivity contribution is 0.0602. The van der Waals surface area contributed by atoms with E-state index in [9.17, 15) is 9.59 Å². The van der Waals surface area contributed by atoms with E-state index in [1.54, 1.807) is 55.0 Å². The summed E-state index contributed by atoms with van der Waals surface area (Å²) in [5.41, 5.74) is 2.09. The Hall–Kier alpha value is -3.74. The number of carbonyl (C=O) groups is 2. The highest BCUT2D eigenvalue weighted by molar-refractivity contribution is 6.08. The summed E-state index contributed by atoms with van der Waals surface area (Å²) in [6.45, 7) is 0.539. The van der Waals surface area contributed by atoms with Crippen molar-refractivity contribution in [1.29, 1.82) is 0 Å². The second-order valence-corrected chi connectivity index (χ2v) is 5.64. The van der Waals surface area contributed by atoms with E-state index < -0.39 is 5.97 Å². The Morgan fingerprint density at radius 3 is 2.70 bits per heavy atom. The van der Waals surface area contributed by atoms with E-state index in [-0.39, 0.29) is 11.5 Å². The van der Waals surface area contributed by atoms with Gasteiger partial charge in [-0.1, -0.05) is 18.2 Å². The number of rotatable bonds is 6. The average molecular weight is 362 g/mol. The van der Waals surface area contributed by atoms with Crippen LogP contribution in [-0.4, -0.2) is 29.0 Å². The third-order valence-corrected chi connectivity index (χ3v) is 3.80. The number of nitrogens with one attached hydrogen (secondary N) is 2. The maximum absolute atomic E-state index is 12.6. The molecule has 1 aromatic carbocycles. The maximum Gasteiger partial charge on any atom is 0.339 e. The molecule has 0 spiro atoms. The highest BCUT2D eigenvalue weighted by Gasteiger charge is 2.14. The van der Waals surface area contributed by atoms with Crippen molar-refractivity contribution in [2.24, 2.45) is 0 Å². The molecule has 2 aromatic heterocycles. The van der Waals surface area contributed by atoms with Crippen LogP contribution in [-0.2, 0) is 11.3 Å². The van der Waals surface area contributed by atoms with Crippen LogP contribution in [0.25, 0.3) is 0 Å². The lowest BCUT2D eigenvalue weighted by atomic mass is 10.1. The first-order chi connectivity index (χ1) is 13.2. The Morgan fingerprint density at radius 2 is 1.93 bits per heavy atom. The molecule has 1 amide bonds. The fourth-order valence-electron chi connectivity index (χ4n) is 2.44. The first kappa shape index (κ1) is 18.1. The number of amides is 1. The van der Waals surface area contributed by atoms with Gasteiger partial charge in [0, 0.05) is 30.7 Å². The maximum atomic E-state index is 12.6. The normalized spacial score (nSPS) is 10.1. The second-order valence-electron chi connectivity index (χ2n) is 5.64. The number of benzene rings is 1. The summed E-state index contributed by atoms with van der Waals surface area (Å²) >= 11 is 0. The van der Waals surface area contributed by atoms with Gasteiger partial charge in [-0.2, -0.15) is 0 Å². The first-order valence-corrected chi connectivity index (χ1v) is 8.25. The van der Waals surface area contributed by atoms with E-state index in [4.69, 9.17) is 4.74 Å². The largest absolute Gasteiger partial charge is 0.465 e. The molecule has 2 N–H and O–H groups in total. The Bertz CT molecular complexity index is 945. The predicted molar refractivity (Wildman–Crippen MR) is 102 cm³/mol. The number of carbonyl (C=O) groups excluding carboxylic acids is 2. The Kier molecular flexibility index (Phi) is 5.73. The number of anilines is 2.